The maximum absolute atomic E-state index is 11.6. The molecule has 0 aliphatic carbocycles. The van der Waals surface area contributed by atoms with Crippen molar-refractivity contribution in [2.24, 2.45) is 0 Å². The minimum Gasteiger partial charge on any atom is -0.382 e. The minimum atomic E-state index is -0.156. The fourth-order valence-corrected chi connectivity index (χ4v) is 1.34. The van der Waals surface area contributed by atoms with Crippen LogP contribution in [0.5, 0.6) is 0 Å². The zero-order valence-corrected chi connectivity index (χ0v) is 11.1. The molecule has 0 aromatic carbocycles. The summed E-state index contributed by atoms with van der Waals surface area (Å²) in [5.74, 6) is -0.156. The van der Waals surface area contributed by atoms with Gasteiger partial charge in [-0.3, -0.25) is 4.79 Å². The van der Waals surface area contributed by atoms with Gasteiger partial charge in [-0.1, -0.05) is 11.6 Å². The van der Waals surface area contributed by atoms with Crippen LogP contribution in [0.2, 0.25) is 5.15 Å². The summed E-state index contributed by atoms with van der Waals surface area (Å²) < 4.78 is 10.1. The van der Waals surface area contributed by atoms with E-state index in [0.717, 1.165) is 6.42 Å². The van der Waals surface area contributed by atoms with Gasteiger partial charge in [-0.25, -0.2) is 4.98 Å². The molecule has 0 radical (unpaired) electrons. The fourth-order valence-electron chi connectivity index (χ4n) is 1.23. The van der Waals surface area contributed by atoms with Gasteiger partial charge in [0.15, 0.2) is 0 Å². The van der Waals surface area contributed by atoms with E-state index in [2.05, 4.69) is 10.3 Å². The number of hydrogen-bond acceptors (Lipinski definition) is 4. The SMILES string of the molecule is COCCOCCCNC(=O)c1ccc(Cl)nc1. The number of pyridine rings is 1. The normalized spacial score (nSPS) is 10.3. The van der Waals surface area contributed by atoms with Gasteiger partial charge in [-0.15, -0.1) is 0 Å². The number of nitrogens with zero attached hydrogens (tertiary/aromatic N) is 1. The molecule has 1 heterocycles. The number of carbonyl (C=O) groups excluding carboxylic acids is 1. The first-order chi connectivity index (χ1) is 8.74. The molecular formula is C12H17ClN2O3. The van der Waals surface area contributed by atoms with Gasteiger partial charge in [0.25, 0.3) is 5.91 Å². The van der Waals surface area contributed by atoms with E-state index in [4.69, 9.17) is 21.1 Å². The van der Waals surface area contributed by atoms with Gasteiger partial charge in [0.2, 0.25) is 0 Å². The Hall–Kier alpha value is -1.17. The largest absolute Gasteiger partial charge is 0.382 e. The lowest BCUT2D eigenvalue weighted by molar-refractivity contribution is 0.0688. The molecule has 5 nitrogen and oxygen atoms in total. The Morgan fingerprint density at radius 1 is 1.39 bits per heavy atom. The third-order valence-electron chi connectivity index (χ3n) is 2.17. The number of ether oxygens (including phenoxy) is 2. The van der Waals surface area contributed by atoms with E-state index in [1.54, 1.807) is 19.2 Å². The topological polar surface area (TPSA) is 60.5 Å². The lowest BCUT2D eigenvalue weighted by Crippen LogP contribution is -2.25. The van der Waals surface area contributed by atoms with E-state index >= 15 is 0 Å². The van der Waals surface area contributed by atoms with E-state index in [1.807, 2.05) is 0 Å². The quantitative estimate of drug-likeness (QED) is 0.576. The molecule has 0 unspecified atom stereocenters. The molecule has 1 N–H and O–H groups in total. The molecule has 1 rings (SSSR count). The highest BCUT2D eigenvalue weighted by Crippen LogP contribution is 2.04. The molecule has 0 aliphatic heterocycles. The molecule has 6 heteroatoms. The first-order valence-electron chi connectivity index (χ1n) is 5.70. The van der Waals surface area contributed by atoms with Crippen molar-refractivity contribution < 1.29 is 14.3 Å². The third-order valence-corrected chi connectivity index (χ3v) is 2.40. The summed E-state index contributed by atoms with van der Waals surface area (Å²) in [6.45, 7) is 2.32. The highest BCUT2D eigenvalue weighted by Gasteiger charge is 2.04. The van der Waals surface area contributed by atoms with Crippen LogP contribution in [0.3, 0.4) is 0 Å². The van der Waals surface area contributed by atoms with Crippen molar-refractivity contribution in [2.45, 2.75) is 6.42 Å². The molecule has 0 spiro atoms. The van der Waals surface area contributed by atoms with Crippen molar-refractivity contribution in [3.63, 3.8) is 0 Å². The molecule has 1 amide bonds. The summed E-state index contributed by atoms with van der Waals surface area (Å²) >= 11 is 5.63. The Bertz CT molecular complexity index is 357. The number of hydrogen-bond donors (Lipinski definition) is 1. The molecule has 0 fully saturated rings. The Labute approximate surface area is 111 Å². The van der Waals surface area contributed by atoms with E-state index < -0.39 is 0 Å². The highest BCUT2D eigenvalue weighted by molar-refractivity contribution is 6.29. The van der Waals surface area contributed by atoms with Crippen LogP contribution in [0.15, 0.2) is 18.3 Å². The van der Waals surface area contributed by atoms with E-state index in [0.29, 0.717) is 37.1 Å². The van der Waals surface area contributed by atoms with Crippen LogP contribution in [-0.4, -0.2) is 44.4 Å². The maximum Gasteiger partial charge on any atom is 0.252 e. The molecule has 1 aromatic heterocycles. The van der Waals surface area contributed by atoms with Crippen LogP contribution < -0.4 is 5.32 Å². The van der Waals surface area contributed by atoms with Gasteiger partial charge < -0.3 is 14.8 Å². The summed E-state index contributed by atoms with van der Waals surface area (Å²) in [6, 6.07) is 3.23. The van der Waals surface area contributed by atoms with Gasteiger partial charge in [-0.2, -0.15) is 0 Å². The van der Waals surface area contributed by atoms with E-state index in [-0.39, 0.29) is 5.91 Å². The molecule has 18 heavy (non-hydrogen) atoms. The first-order valence-corrected chi connectivity index (χ1v) is 6.08. The zero-order valence-electron chi connectivity index (χ0n) is 10.3. The average molecular weight is 273 g/mol. The Morgan fingerprint density at radius 2 is 2.22 bits per heavy atom. The summed E-state index contributed by atoms with van der Waals surface area (Å²) in [6.07, 6.45) is 2.21. The molecule has 100 valence electrons. The van der Waals surface area contributed by atoms with Crippen LogP contribution in [0, 0.1) is 0 Å². The smallest absolute Gasteiger partial charge is 0.252 e. The molecule has 1 aromatic rings. The highest BCUT2D eigenvalue weighted by atomic mass is 35.5. The predicted octanol–water partition coefficient (Wildman–Crippen LogP) is 1.52. The number of aromatic nitrogens is 1. The lowest BCUT2D eigenvalue weighted by Gasteiger charge is -2.06. The van der Waals surface area contributed by atoms with Gasteiger partial charge in [0.1, 0.15) is 5.15 Å². The second-order valence-corrected chi connectivity index (χ2v) is 3.97. The molecule has 0 aliphatic rings. The van der Waals surface area contributed by atoms with Crippen molar-refractivity contribution in [2.75, 3.05) is 33.5 Å². The van der Waals surface area contributed by atoms with Gasteiger partial charge in [-0.05, 0) is 18.6 Å². The van der Waals surface area contributed by atoms with Crippen LogP contribution in [0.1, 0.15) is 16.8 Å². The lowest BCUT2D eigenvalue weighted by atomic mass is 10.2. The molecule has 0 atom stereocenters. The van der Waals surface area contributed by atoms with Crippen molar-refractivity contribution >= 4 is 17.5 Å². The number of carbonyl (C=O) groups is 1. The molecule has 0 saturated carbocycles. The maximum atomic E-state index is 11.6. The summed E-state index contributed by atoms with van der Waals surface area (Å²) in [5.41, 5.74) is 0.500. The Balaban J connectivity index is 2.12. The van der Waals surface area contributed by atoms with Gasteiger partial charge in [0, 0.05) is 26.5 Å². The summed E-state index contributed by atoms with van der Waals surface area (Å²) in [4.78, 5) is 15.5. The standard InChI is InChI=1S/C12H17ClN2O3/c1-17-7-8-18-6-2-5-14-12(16)10-3-4-11(13)15-9-10/h3-4,9H,2,5-8H2,1H3,(H,14,16). The van der Waals surface area contributed by atoms with Crippen LogP contribution in [0.25, 0.3) is 0 Å². The molecular weight excluding hydrogens is 256 g/mol. The number of amides is 1. The van der Waals surface area contributed by atoms with Crippen LogP contribution in [0.4, 0.5) is 0 Å². The second-order valence-electron chi connectivity index (χ2n) is 3.58. The van der Waals surface area contributed by atoms with Gasteiger partial charge in [0.05, 0.1) is 18.8 Å². The molecule has 0 saturated heterocycles. The number of methoxy groups -OCH3 is 1. The van der Waals surface area contributed by atoms with Crippen molar-refractivity contribution in [3.8, 4) is 0 Å². The Kier molecular flexibility index (Phi) is 7.32. The zero-order chi connectivity index (χ0) is 13.2. The van der Waals surface area contributed by atoms with Gasteiger partial charge >= 0.3 is 0 Å². The molecule has 0 bridgehead atoms. The van der Waals surface area contributed by atoms with Crippen molar-refractivity contribution in [1.29, 1.82) is 0 Å². The van der Waals surface area contributed by atoms with Crippen molar-refractivity contribution in [3.05, 3.63) is 29.0 Å². The number of nitrogens with one attached hydrogen (secondary N) is 1. The minimum absolute atomic E-state index is 0.156. The number of halogens is 1. The third kappa shape index (κ3) is 5.95. The fraction of sp³-hybridized carbons (Fsp3) is 0.500. The van der Waals surface area contributed by atoms with Crippen molar-refractivity contribution in [1.82, 2.24) is 10.3 Å². The summed E-state index contributed by atoms with van der Waals surface area (Å²) in [7, 11) is 1.63. The van der Waals surface area contributed by atoms with E-state index in [1.165, 1.54) is 6.20 Å². The Morgan fingerprint density at radius 3 is 2.89 bits per heavy atom. The second kappa shape index (κ2) is 8.85. The monoisotopic (exact) mass is 272 g/mol. The number of rotatable bonds is 8. The average Bonchev–Trinajstić information content (AvgIpc) is 2.38. The van der Waals surface area contributed by atoms with Crippen LogP contribution >= 0.6 is 11.6 Å². The predicted molar refractivity (Wildman–Crippen MR) is 68.9 cm³/mol. The van der Waals surface area contributed by atoms with Crippen LogP contribution in [-0.2, 0) is 9.47 Å². The summed E-state index contributed by atoms with van der Waals surface area (Å²) in [5, 5.41) is 3.15. The van der Waals surface area contributed by atoms with E-state index in [9.17, 15) is 4.79 Å². The first kappa shape index (κ1) is 14.9.